The average molecular weight is 268 g/mol. The van der Waals surface area contributed by atoms with Crippen molar-refractivity contribution in [3.05, 3.63) is 0 Å². The maximum absolute atomic E-state index is 6.01. The van der Waals surface area contributed by atoms with E-state index in [2.05, 4.69) is 18.7 Å². The van der Waals surface area contributed by atoms with Gasteiger partial charge in [-0.15, -0.1) is 0 Å². The molecule has 2 aliphatic rings. The molecule has 1 aliphatic carbocycles. The number of hydrogen-bond donors (Lipinski definition) is 1. The quantitative estimate of drug-likeness (QED) is 0.800. The summed E-state index contributed by atoms with van der Waals surface area (Å²) in [6.45, 7) is 6.80. The molecule has 0 radical (unpaired) electrons. The van der Waals surface area contributed by atoms with E-state index in [9.17, 15) is 0 Å². The van der Waals surface area contributed by atoms with Gasteiger partial charge in [0, 0.05) is 32.3 Å². The molecular weight excluding hydrogens is 236 g/mol. The van der Waals surface area contributed by atoms with Crippen LogP contribution in [0.2, 0.25) is 0 Å². The predicted octanol–water partition coefficient (Wildman–Crippen LogP) is 2.78. The van der Waals surface area contributed by atoms with E-state index in [1.807, 2.05) is 7.11 Å². The van der Waals surface area contributed by atoms with Crippen molar-refractivity contribution in [3.63, 3.8) is 0 Å². The molecule has 3 unspecified atom stereocenters. The summed E-state index contributed by atoms with van der Waals surface area (Å²) in [5.74, 6) is 0. The number of nitrogens with two attached hydrogens (primary N) is 1. The van der Waals surface area contributed by atoms with Gasteiger partial charge in [0.05, 0.1) is 6.10 Å². The minimum atomic E-state index is 0.423. The number of rotatable bonds is 3. The molecule has 3 heteroatoms. The zero-order valence-electron chi connectivity index (χ0n) is 13.0. The normalized spacial score (nSPS) is 36.9. The average Bonchev–Trinajstić information content (AvgIpc) is 2.59. The van der Waals surface area contributed by atoms with Crippen molar-refractivity contribution in [2.45, 2.75) is 77.0 Å². The number of methoxy groups -OCH3 is 1. The van der Waals surface area contributed by atoms with Gasteiger partial charge in [-0.1, -0.05) is 20.3 Å². The lowest BCUT2D eigenvalue weighted by molar-refractivity contribution is -0.00730. The Labute approximate surface area is 118 Å². The Kier molecular flexibility index (Phi) is 5.27. The van der Waals surface area contributed by atoms with Crippen LogP contribution in [0.15, 0.2) is 0 Å². The zero-order valence-corrected chi connectivity index (χ0v) is 13.0. The highest BCUT2D eigenvalue weighted by atomic mass is 16.5. The number of hydrogen-bond acceptors (Lipinski definition) is 3. The summed E-state index contributed by atoms with van der Waals surface area (Å²) < 4.78 is 5.53. The van der Waals surface area contributed by atoms with Crippen molar-refractivity contribution in [1.29, 1.82) is 0 Å². The third-order valence-electron chi connectivity index (χ3n) is 5.33. The van der Waals surface area contributed by atoms with Crippen LogP contribution < -0.4 is 5.73 Å². The lowest BCUT2D eigenvalue weighted by Gasteiger charge is -2.43. The van der Waals surface area contributed by atoms with E-state index in [0.717, 1.165) is 19.0 Å². The fraction of sp³-hybridized carbons (Fsp3) is 1.00. The SMILES string of the molecule is COC1CCN(C2CCCC(C)(C)CC2)C(CN)C1. The van der Waals surface area contributed by atoms with E-state index in [1.54, 1.807) is 0 Å². The molecule has 112 valence electrons. The van der Waals surface area contributed by atoms with Crippen molar-refractivity contribution in [2.24, 2.45) is 11.1 Å². The molecule has 2 fully saturated rings. The molecule has 2 rings (SSSR count). The molecule has 0 aromatic heterocycles. The summed E-state index contributed by atoms with van der Waals surface area (Å²) in [5.41, 5.74) is 6.55. The Morgan fingerprint density at radius 2 is 2.00 bits per heavy atom. The predicted molar refractivity (Wildman–Crippen MR) is 80.2 cm³/mol. The van der Waals surface area contributed by atoms with Crippen LogP contribution in [-0.4, -0.2) is 43.3 Å². The second-order valence-electron chi connectivity index (χ2n) is 7.26. The van der Waals surface area contributed by atoms with E-state index >= 15 is 0 Å². The molecule has 0 aromatic rings. The van der Waals surface area contributed by atoms with Crippen LogP contribution in [0.3, 0.4) is 0 Å². The van der Waals surface area contributed by atoms with Crippen molar-refractivity contribution >= 4 is 0 Å². The van der Waals surface area contributed by atoms with Gasteiger partial charge in [0.15, 0.2) is 0 Å². The first-order valence-electron chi connectivity index (χ1n) is 8.04. The molecule has 0 aromatic carbocycles. The number of nitrogens with zero attached hydrogens (tertiary/aromatic N) is 1. The minimum absolute atomic E-state index is 0.423. The fourth-order valence-electron chi connectivity index (χ4n) is 3.93. The van der Waals surface area contributed by atoms with E-state index in [1.165, 1.54) is 45.1 Å². The standard InChI is InChI=1S/C16H32N2O/c1-16(2)8-4-5-13(6-9-16)18-10-7-15(19-3)11-14(18)12-17/h13-15H,4-12,17H2,1-3H3. The molecule has 19 heavy (non-hydrogen) atoms. The van der Waals surface area contributed by atoms with Gasteiger partial charge >= 0.3 is 0 Å². The molecule has 1 heterocycles. The first kappa shape index (κ1) is 15.3. The van der Waals surface area contributed by atoms with Crippen LogP contribution in [0.5, 0.6) is 0 Å². The zero-order chi connectivity index (χ0) is 13.9. The summed E-state index contributed by atoms with van der Waals surface area (Å²) in [4.78, 5) is 2.71. The topological polar surface area (TPSA) is 38.5 Å². The summed E-state index contributed by atoms with van der Waals surface area (Å²) in [7, 11) is 1.84. The highest BCUT2D eigenvalue weighted by Gasteiger charge is 2.34. The highest BCUT2D eigenvalue weighted by Crippen LogP contribution is 2.36. The van der Waals surface area contributed by atoms with Crippen LogP contribution in [0.1, 0.15) is 58.8 Å². The summed E-state index contributed by atoms with van der Waals surface area (Å²) in [6.07, 6.45) is 9.54. The Hall–Kier alpha value is -0.120. The Morgan fingerprint density at radius 1 is 1.21 bits per heavy atom. The van der Waals surface area contributed by atoms with Crippen LogP contribution >= 0.6 is 0 Å². The summed E-state index contributed by atoms with van der Waals surface area (Å²) in [5, 5.41) is 0. The minimum Gasteiger partial charge on any atom is -0.381 e. The van der Waals surface area contributed by atoms with Crippen molar-refractivity contribution in [1.82, 2.24) is 4.90 Å². The van der Waals surface area contributed by atoms with Crippen LogP contribution in [-0.2, 0) is 4.74 Å². The van der Waals surface area contributed by atoms with E-state index in [4.69, 9.17) is 10.5 Å². The first-order valence-corrected chi connectivity index (χ1v) is 8.04. The number of piperidine rings is 1. The smallest absolute Gasteiger partial charge is 0.0599 e. The van der Waals surface area contributed by atoms with E-state index in [-0.39, 0.29) is 0 Å². The Bertz CT molecular complexity index is 280. The second-order valence-corrected chi connectivity index (χ2v) is 7.26. The van der Waals surface area contributed by atoms with E-state index in [0.29, 0.717) is 17.6 Å². The molecule has 0 spiro atoms. The van der Waals surface area contributed by atoms with Gasteiger partial charge < -0.3 is 10.5 Å². The van der Waals surface area contributed by atoms with Gasteiger partial charge in [0.2, 0.25) is 0 Å². The fourth-order valence-corrected chi connectivity index (χ4v) is 3.93. The molecular formula is C16H32N2O. The second kappa shape index (κ2) is 6.55. The van der Waals surface area contributed by atoms with Crippen molar-refractivity contribution in [3.8, 4) is 0 Å². The lowest BCUT2D eigenvalue weighted by Crippen LogP contribution is -2.52. The van der Waals surface area contributed by atoms with Crippen LogP contribution in [0.4, 0.5) is 0 Å². The Morgan fingerprint density at radius 3 is 2.68 bits per heavy atom. The summed E-state index contributed by atoms with van der Waals surface area (Å²) >= 11 is 0. The van der Waals surface area contributed by atoms with Gasteiger partial charge in [-0.05, 0) is 43.9 Å². The molecule has 1 saturated carbocycles. The molecule has 1 aliphatic heterocycles. The molecule has 3 nitrogen and oxygen atoms in total. The van der Waals surface area contributed by atoms with Crippen LogP contribution in [0, 0.1) is 5.41 Å². The van der Waals surface area contributed by atoms with Gasteiger partial charge in [-0.3, -0.25) is 4.90 Å². The van der Waals surface area contributed by atoms with Gasteiger partial charge in [-0.2, -0.15) is 0 Å². The molecule has 1 saturated heterocycles. The summed E-state index contributed by atoms with van der Waals surface area (Å²) in [6, 6.07) is 1.29. The maximum atomic E-state index is 6.01. The molecule has 0 amide bonds. The van der Waals surface area contributed by atoms with Crippen molar-refractivity contribution < 1.29 is 4.74 Å². The highest BCUT2D eigenvalue weighted by molar-refractivity contribution is 4.89. The third-order valence-corrected chi connectivity index (χ3v) is 5.33. The van der Waals surface area contributed by atoms with Crippen LogP contribution in [0.25, 0.3) is 0 Å². The van der Waals surface area contributed by atoms with Gasteiger partial charge in [-0.25, -0.2) is 0 Å². The van der Waals surface area contributed by atoms with Crippen molar-refractivity contribution in [2.75, 3.05) is 20.2 Å². The first-order chi connectivity index (χ1) is 9.05. The third kappa shape index (κ3) is 3.93. The number of likely N-dealkylation sites (tertiary alicyclic amines) is 1. The van der Waals surface area contributed by atoms with Gasteiger partial charge in [0.25, 0.3) is 0 Å². The van der Waals surface area contributed by atoms with Gasteiger partial charge in [0.1, 0.15) is 0 Å². The largest absolute Gasteiger partial charge is 0.381 e. The molecule has 2 N–H and O–H groups in total. The maximum Gasteiger partial charge on any atom is 0.0599 e. The molecule has 0 bridgehead atoms. The Balaban J connectivity index is 1.96. The number of ether oxygens (including phenoxy) is 1. The monoisotopic (exact) mass is 268 g/mol. The molecule has 3 atom stereocenters. The van der Waals surface area contributed by atoms with E-state index < -0.39 is 0 Å². The lowest BCUT2D eigenvalue weighted by atomic mass is 9.85.